The Labute approximate surface area is 236 Å². The third-order valence-electron chi connectivity index (χ3n) is 6.23. The summed E-state index contributed by atoms with van der Waals surface area (Å²) in [6.07, 6.45) is 0. The van der Waals surface area contributed by atoms with E-state index in [0.29, 0.717) is 51.0 Å². The number of fused-ring (bicyclic) bond motifs is 1. The van der Waals surface area contributed by atoms with E-state index in [1.54, 1.807) is 42.5 Å². The van der Waals surface area contributed by atoms with Crippen molar-refractivity contribution in [2.45, 2.75) is 16.1 Å². The number of hydrogen-bond acceptors (Lipinski definition) is 9. The zero-order valence-corrected chi connectivity index (χ0v) is 22.6. The lowest BCUT2D eigenvalue weighted by molar-refractivity contribution is -0.132. The summed E-state index contributed by atoms with van der Waals surface area (Å²) in [6, 6.07) is 20.7. The van der Waals surface area contributed by atoms with Crippen molar-refractivity contribution in [1.29, 1.82) is 0 Å². The summed E-state index contributed by atoms with van der Waals surface area (Å²) >= 11 is 8.98. The van der Waals surface area contributed by atoms with Gasteiger partial charge in [0, 0.05) is 16.3 Å². The molecule has 1 aromatic heterocycles. The van der Waals surface area contributed by atoms with E-state index in [-0.39, 0.29) is 16.5 Å². The number of thioether (sulfide) groups is 1. The Morgan fingerprint density at radius 1 is 1.00 bits per heavy atom. The number of halogens is 1. The van der Waals surface area contributed by atoms with Gasteiger partial charge in [-0.1, -0.05) is 77.2 Å². The van der Waals surface area contributed by atoms with Crippen molar-refractivity contribution in [3.05, 3.63) is 100 Å². The first-order chi connectivity index (χ1) is 19.0. The van der Waals surface area contributed by atoms with Gasteiger partial charge in [0.2, 0.25) is 5.13 Å². The number of aliphatic hydroxyl groups is 1. The molecule has 1 unspecified atom stereocenters. The van der Waals surface area contributed by atoms with Gasteiger partial charge in [0.15, 0.2) is 15.8 Å². The fourth-order valence-corrected chi connectivity index (χ4v) is 6.47. The van der Waals surface area contributed by atoms with Gasteiger partial charge in [0.1, 0.15) is 19.0 Å². The maximum absolute atomic E-state index is 13.4. The van der Waals surface area contributed by atoms with Crippen LogP contribution in [0.2, 0.25) is 5.02 Å². The molecule has 4 aromatic rings. The number of Topliss-reactive ketones (excluding diaryl/α,β-unsaturated/α-hetero) is 1. The Hall–Kier alpha value is -3.86. The first-order valence-corrected chi connectivity index (χ1v) is 14.1. The van der Waals surface area contributed by atoms with E-state index in [9.17, 15) is 14.7 Å². The van der Waals surface area contributed by atoms with Crippen LogP contribution in [0.25, 0.3) is 5.76 Å². The van der Waals surface area contributed by atoms with Crippen LogP contribution in [0.5, 0.6) is 11.5 Å². The van der Waals surface area contributed by atoms with E-state index < -0.39 is 17.7 Å². The van der Waals surface area contributed by atoms with Crippen molar-refractivity contribution in [2.24, 2.45) is 0 Å². The zero-order chi connectivity index (χ0) is 26.9. The minimum atomic E-state index is -0.961. The summed E-state index contributed by atoms with van der Waals surface area (Å²) in [5, 5.41) is 20.6. The topological polar surface area (TPSA) is 102 Å². The van der Waals surface area contributed by atoms with E-state index in [0.717, 1.165) is 5.56 Å². The second-order valence-corrected chi connectivity index (χ2v) is 11.3. The zero-order valence-electron chi connectivity index (χ0n) is 20.2. The van der Waals surface area contributed by atoms with Crippen molar-refractivity contribution in [1.82, 2.24) is 10.2 Å². The van der Waals surface area contributed by atoms with Gasteiger partial charge in [-0.05, 0) is 41.5 Å². The number of nitrogens with zero attached hydrogens (tertiary/aromatic N) is 3. The molecule has 8 nitrogen and oxygen atoms in total. The highest BCUT2D eigenvalue weighted by Crippen LogP contribution is 2.45. The molecule has 1 saturated heterocycles. The van der Waals surface area contributed by atoms with Crippen LogP contribution in [0.1, 0.15) is 22.7 Å². The Kier molecular flexibility index (Phi) is 6.99. The molecule has 0 aliphatic carbocycles. The van der Waals surface area contributed by atoms with Crippen LogP contribution in [-0.4, -0.2) is 40.2 Å². The Morgan fingerprint density at radius 3 is 2.59 bits per heavy atom. The first-order valence-electron chi connectivity index (χ1n) is 12.0. The molecule has 11 heteroatoms. The third kappa shape index (κ3) is 4.98. The number of hydrogen-bond donors (Lipinski definition) is 1. The smallest absolute Gasteiger partial charge is 0.301 e. The molecule has 2 aliphatic heterocycles. The highest BCUT2D eigenvalue weighted by molar-refractivity contribution is 8.00. The number of rotatable bonds is 6. The fourth-order valence-electron chi connectivity index (χ4n) is 4.45. The van der Waals surface area contributed by atoms with Crippen LogP contribution in [-0.2, 0) is 15.3 Å². The lowest BCUT2D eigenvalue weighted by Gasteiger charge is -2.23. The molecule has 39 heavy (non-hydrogen) atoms. The van der Waals surface area contributed by atoms with Crippen molar-refractivity contribution in [2.75, 3.05) is 18.1 Å². The van der Waals surface area contributed by atoms with Gasteiger partial charge in [-0.25, -0.2) is 0 Å². The molecule has 1 atom stereocenters. The molecule has 0 radical (unpaired) electrons. The third-order valence-corrected chi connectivity index (χ3v) is 8.59. The molecule has 0 spiro atoms. The highest BCUT2D eigenvalue weighted by atomic mass is 35.5. The van der Waals surface area contributed by atoms with Gasteiger partial charge in [0.25, 0.3) is 5.78 Å². The van der Waals surface area contributed by atoms with Gasteiger partial charge in [-0.3, -0.25) is 14.5 Å². The van der Waals surface area contributed by atoms with E-state index in [1.165, 1.54) is 28.0 Å². The minimum absolute atomic E-state index is 0.0763. The van der Waals surface area contributed by atoms with Crippen LogP contribution in [0, 0.1) is 0 Å². The number of ether oxygens (including phenoxy) is 2. The second-order valence-electron chi connectivity index (χ2n) is 8.71. The summed E-state index contributed by atoms with van der Waals surface area (Å²) in [5.41, 5.74) is 1.92. The summed E-state index contributed by atoms with van der Waals surface area (Å²) in [5.74, 6) is -0.310. The monoisotopic (exact) mass is 577 g/mol. The standard InChI is InChI=1S/C28H20ClN3O5S2/c29-19-8-4-7-17(13-19)23-22(24(33)18-9-10-20-21(14-18)37-12-11-36-20)25(34)26(35)32(23)27-30-31-28(39-27)38-15-16-5-2-1-3-6-16/h1-10,13-14,23,33H,11-12,15H2. The van der Waals surface area contributed by atoms with Gasteiger partial charge in [0.05, 0.1) is 11.6 Å². The normalized spacial score (nSPS) is 18.0. The van der Waals surface area contributed by atoms with Crippen LogP contribution in [0.3, 0.4) is 0 Å². The number of carbonyl (C=O) groups is 2. The predicted molar refractivity (Wildman–Crippen MR) is 150 cm³/mol. The molecule has 2 aliphatic rings. The Morgan fingerprint density at radius 2 is 1.79 bits per heavy atom. The molecule has 3 heterocycles. The van der Waals surface area contributed by atoms with Gasteiger partial charge in [-0.2, -0.15) is 0 Å². The summed E-state index contributed by atoms with van der Waals surface area (Å²) in [6.45, 7) is 0.789. The number of anilines is 1. The maximum atomic E-state index is 13.4. The molecule has 3 aromatic carbocycles. The van der Waals surface area contributed by atoms with Crippen LogP contribution in [0.4, 0.5) is 5.13 Å². The van der Waals surface area contributed by atoms with E-state index in [4.69, 9.17) is 21.1 Å². The van der Waals surface area contributed by atoms with Crippen molar-refractivity contribution >= 4 is 57.3 Å². The molecule has 1 N–H and O–H groups in total. The van der Waals surface area contributed by atoms with Crippen molar-refractivity contribution in [3.8, 4) is 11.5 Å². The maximum Gasteiger partial charge on any atom is 0.301 e. The van der Waals surface area contributed by atoms with Gasteiger partial charge in [-0.15, -0.1) is 10.2 Å². The van der Waals surface area contributed by atoms with Crippen molar-refractivity contribution in [3.63, 3.8) is 0 Å². The Bertz CT molecular complexity index is 1610. The number of aliphatic hydroxyl groups excluding tert-OH is 1. The number of amides is 1. The van der Waals surface area contributed by atoms with E-state index in [2.05, 4.69) is 10.2 Å². The average Bonchev–Trinajstić information content (AvgIpc) is 3.53. The number of ketones is 1. The van der Waals surface area contributed by atoms with E-state index >= 15 is 0 Å². The molecular weight excluding hydrogens is 558 g/mol. The molecule has 196 valence electrons. The van der Waals surface area contributed by atoms with Crippen LogP contribution >= 0.6 is 34.7 Å². The van der Waals surface area contributed by atoms with E-state index in [1.807, 2.05) is 30.3 Å². The SMILES string of the molecule is O=C1C(=O)N(c2nnc(SCc3ccccc3)s2)C(c2cccc(Cl)c2)C1=C(O)c1ccc2c(c1)OCCO2. The molecule has 0 bridgehead atoms. The summed E-state index contributed by atoms with van der Waals surface area (Å²) in [4.78, 5) is 28.1. The molecule has 6 rings (SSSR count). The largest absolute Gasteiger partial charge is 0.507 e. The van der Waals surface area contributed by atoms with Crippen LogP contribution in [0.15, 0.2) is 82.7 Å². The molecule has 1 amide bonds. The molecule has 0 saturated carbocycles. The molecule has 1 fully saturated rings. The lowest BCUT2D eigenvalue weighted by atomic mass is 9.95. The predicted octanol–water partition coefficient (Wildman–Crippen LogP) is 5.88. The van der Waals surface area contributed by atoms with Gasteiger partial charge < -0.3 is 14.6 Å². The Balaban J connectivity index is 1.40. The second kappa shape index (κ2) is 10.7. The number of carbonyl (C=O) groups excluding carboxylic acids is 2. The highest BCUT2D eigenvalue weighted by Gasteiger charge is 2.48. The van der Waals surface area contributed by atoms with Crippen molar-refractivity contribution < 1.29 is 24.2 Å². The fraction of sp³-hybridized carbons (Fsp3) is 0.143. The average molecular weight is 578 g/mol. The minimum Gasteiger partial charge on any atom is -0.507 e. The number of aromatic nitrogens is 2. The quantitative estimate of drug-likeness (QED) is 0.0996. The lowest BCUT2D eigenvalue weighted by Crippen LogP contribution is -2.29. The van der Waals surface area contributed by atoms with Crippen LogP contribution < -0.4 is 14.4 Å². The summed E-state index contributed by atoms with van der Waals surface area (Å²) < 4.78 is 11.9. The molecular formula is C28H20ClN3O5S2. The van der Waals surface area contributed by atoms with Gasteiger partial charge >= 0.3 is 5.91 Å². The number of benzene rings is 3. The first kappa shape index (κ1) is 25.4. The summed E-state index contributed by atoms with van der Waals surface area (Å²) in [7, 11) is 0.